The van der Waals surface area contributed by atoms with E-state index in [1.54, 1.807) is 18.2 Å². The minimum atomic E-state index is -0.801. The summed E-state index contributed by atoms with van der Waals surface area (Å²) in [5, 5.41) is 5.84. The highest BCUT2D eigenvalue weighted by Gasteiger charge is 2.25. The molecule has 0 spiro atoms. The van der Waals surface area contributed by atoms with Gasteiger partial charge < -0.3 is 26.1 Å². The van der Waals surface area contributed by atoms with Gasteiger partial charge in [0, 0.05) is 17.6 Å². The van der Waals surface area contributed by atoms with Crippen LogP contribution >= 0.6 is 0 Å². The number of rotatable bonds is 8. The number of nitrogen functional groups attached to an aromatic ring is 1. The molecule has 0 saturated heterocycles. The van der Waals surface area contributed by atoms with Crippen molar-refractivity contribution in [1.29, 1.82) is 0 Å². The molecule has 1 fully saturated rings. The van der Waals surface area contributed by atoms with Gasteiger partial charge in [0.2, 0.25) is 0 Å². The second-order valence-electron chi connectivity index (χ2n) is 7.92. The molecule has 0 bridgehead atoms. The summed E-state index contributed by atoms with van der Waals surface area (Å²) in [7, 11) is 0. The van der Waals surface area contributed by atoms with Crippen molar-refractivity contribution in [3.63, 3.8) is 0 Å². The van der Waals surface area contributed by atoms with Gasteiger partial charge in [0.15, 0.2) is 0 Å². The molecule has 2 aromatic rings. The minimum Gasteiger partial charge on any atom is -0.494 e. The first-order valence-electron chi connectivity index (χ1n) is 10.8. The van der Waals surface area contributed by atoms with Crippen molar-refractivity contribution >= 4 is 17.5 Å². The van der Waals surface area contributed by atoms with Gasteiger partial charge in [-0.15, -0.1) is 0 Å². The highest BCUT2D eigenvalue weighted by molar-refractivity contribution is 5.97. The number of nitrogens with two attached hydrogens (primary N) is 1. The molecule has 10 nitrogen and oxygen atoms in total. The SMILES string of the molecule is CCCCOc1cccc(C(=O)N[C@H]2CC[C@@H](NC(=O)c3[nH]c(=O)[nH]c(=O)c3N)CC2)c1. The zero-order chi connectivity index (χ0) is 23.1. The topological polar surface area (TPSA) is 159 Å². The summed E-state index contributed by atoms with van der Waals surface area (Å²) in [6.45, 7) is 2.71. The molecule has 1 aliphatic carbocycles. The summed E-state index contributed by atoms with van der Waals surface area (Å²) in [6.07, 6.45) is 4.65. The number of aromatic nitrogens is 2. The molecule has 1 heterocycles. The zero-order valence-corrected chi connectivity index (χ0v) is 18.0. The maximum Gasteiger partial charge on any atom is 0.326 e. The standard InChI is InChI=1S/C22H29N5O5/c1-2-3-11-32-16-6-4-5-13(12-16)19(28)24-14-7-9-15(10-8-14)25-21(30)18-17(23)20(29)27-22(31)26-18/h4-6,12,14-15H,2-3,7-11,23H2,1H3,(H,24,28)(H,25,30)(H2,26,27,29,31)/t14-,15+. The van der Waals surface area contributed by atoms with Crippen molar-refractivity contribution in [1.82, 2.24) is 20.6 Å². The third-order valence-electron chi connectivity index (χ3n) is 5.47. The first kappa shape index (κ1) is 23.1. The summed E-state index contributed by atoms with van der Waals surface area (Å²) < 4.78 is 5.67. The summed E-state index contributed by atoms with van der Waals surface area (Å²) in [4.78, 5) is 52.3. The number of hydrogen-bond donors (Lipinski definition) is 5. The van der Waals surface area contributed by atoms with E-state index in [2.05, 4.69) is 22.5 Å². The second kappa shape index (κ2) is 10.7. The Morgan fingerprint density at radius 1 is 1.06 bits per heavy atom. The van der Waals surface area contributed by atoms with E-state index in [0.29, 0.717) is 43.6 Å². The number of nitrogens with one attached hydrogen (secondary N) is 4. The fraction of sp³-hybridized carbons (Fsp3) is 0.455. The molecule has 0 atom stereocenters. The van der Waals surface area contributed by atoms with Gasteiger partial charge in [-0.3, -0.25) is 19.4 Å². The Bertz CT molecular complexity index is 1070. The molecule has 1 aliphatic rings. The monoisotopic (exact) mass is 443 g/mol. The largest absolute Gasteiger partial charge is 0.494 e. The summed E-state index contributed by atoms with van der Waals surface area (Å²) in [5.74, 6) is -0.0834. The predicted molar refractivity (Wildman–Crippen MR) is 120 cm³/mol. The average Bonchev–Trinajstić information content (AvgIpc) is 2.78. The van der Waals surface area contributed by atoms with Crippen LogP contribution in [-0.4, -0.2) is 40.5 Å². The predicted octanol–water partition coefficient (Wildman–Crippen LogP) is 1.30. The van der Waals surface area contributed by atoms with Crippen molar-refractivity contribution in [2.24, 2.45) is 0 Å². The number of anilines is 1. The highest BCUT2D eigenvalue weighted by atomic mass is 16.5. The normalized spacial score (nSPS) is 18.0. The number of unbranched alkanes of at least 4 members (excludes halogenated alkanes) is 1. The highest BCUT2D eigenvalue weighted by Crippen LogP contribution is 2.20. The summed E-state index contributed by atoms with van der Waals surface area (Å²) in [6, 6.07) is 6.97. The van der Waals surface area contributed by atoms with E-state index in [4.69, 9.17) is 10.5 Å². The zero-order valence-electron chi connectivity index (χ0n) is 18.0. The van der Waals surface area contributed by atoms with E-state index in [1.807, 2.05) is 11.1 Å². The van der Waals surface area contributed by atoms with Crippen LogP contribution in [0.25, 0.3) is 0 Å². The Morgan fingerprint density at radius 3 is 2.38 bits per heavy atom. The molecule has 32 heavy (non-hydrogen) atoms. The number of H-pyrrole nitrogens is 2. The van der Waals surface area contributed by atoms with Gasteiger partial charge in [0.05, 0.1) is 6.61 Å². The molecule has 0 radical (unpaired) electrons. The lowest BCUT2D eigenvalue weighted by atomic mass is 9.91. The fourth-order valence-electron chi connectivity index (χ4n) is 3.65. The van der Waals surface area contributed by atoms with Gasteiger partial charge in [-0.05, 0) is 50.3 Å². The molecule has 1 aromatic carbocycles. The van der Waals surface area contributed by atoms with Gasteiger partial charge in [-0.2, -0.15) is 0 Å². The van der Waals surface area contributed by atoms with Crippen LogP contribution in [0.3, 0.4) is 0 Å². The van der Waals surface area contributed by atoms with Gasteiger partial charge >= 0.3 is 5.69 Å². The Labute approximate surface area is 185 Å². The van der Waals surface area contributed by atoms with Crippen LogP contribution in [0.1, 0.15) is 66.3 Å². The van der Waals surface area contributed by atoms with Gasteiger partial charge in [-0.25, -0.2) is 4.79 Å². The number of aromatic amines is 2. The molecule has 1 aromatic heterocycles. The molecule has 3 rings (SSSR count). The molecule has 10 heteroatoms. The van der Waals surface area contributed by atoms with Crippen molar-refractivity contribution in [2.75, 3.05) is 12.3 Å². The van der Waals surface area contributed by atoms with Crippen LogP contribution in [0.4, 0.5) is 5.69 Å². The number of amides is 2. The quantitative estimate of drug-likeness (QED) is 0.387. The maximum absolute atomic E-state index is 12.6. The van der Waals surface area contributed by atoms with Crippen LogP contribution in [0, 0.1) is 0 Å². The van der Waals surface area contributed by atoms with Gasteiger partial charge in [-0.1, -0.05) is 19.4 Å². The molecule has 172 valence electrons. The Kier molecular flexibility index (Phi) is 7.69. The Balaban J connectivity index is 1.50. The Hall–Kier alpha value is -3.56. The van der Waals surface area contributed by atoms with Gasteiger partial charge in [0.1, 0.15) is 17.1 Å². The maximum atomic E-state index is 12.6. The molecular formula is C22H29N5O5. The van der Waals surface area contributed by atoms with Crippen molar-refractivity contribution < 1.29 is 14.3 Å². The van der Waals surface area contributed by atoms with E-state index < -0.39 is 17.2 Å². The smallest absolute Gasteiger partial charge is 0.326 e. The van der Waals surface area contributed by atoms with E-state index in [-0.39, 0.29) is 29.4 Å². The number of carbonyl (C=O) groups excluding carboxylic acids is 2. The van der Waals surface area contributed by atoms with Crippen LogP contribution < -0.4 is 32.4 Å². The van der Waals surface area contributed by atoms with Crippen molar-refractivity contribution in [3.05, 3.63) is 56.4 Å². The first-order chi connectivity index (χ1) is 15.4. The number of ether oxygens (including phenoxy) is 1. The van der Waals surface area contributed by atoms with E-state index in [1.165, 1.54) is 0 Å². The summed E-state index contributed by atoms with van der Waals surface area (Å²) >= 11 is 0. The molecule has 0 aliphatic heterocycles. The molecule has 6 N–H and O–H groups in total. The number of hydrogen-bond acceptors (Lipinski definition) is 6. The fourth-order valence-corrected chi connectivity index (χ4v) is 3.65. The van der Waals surface area contributed by atoms with Crippen molar-refractivity contribution in [3.8, 4) is 5.75 Å². The van der Waals surface area contributed by atoms with E-state index >= 15 is 0 Å². The minimum absolute atomic E-state index is 0.00948. The molecule has 0 unspecified atom stereocenters. The lowest BCUT2D eigenvalue weighted by Crippen LogP contribution is -2.44. The molecule has 2 amide bonds. The van der Waals surface area contributed by atoms with Crippen LogP contribution in [0.2, 0.25) is 0 Å². The summed E-state index contributed by atoms with van der Waals surface area (Å²) in [5.41, 5.74) is 3.99. The van der Waals surface area contributed by atoms with Crippen LogP contribution in [0.15, 0.2) is 33.9 Å². The number of benzene rings is 1. The van der Waals surface area contributed by atoms with Crippen LogP contribution in [-0.2, 0) is 0 Å². The van der Waals surface area contributed by atoms with Gasteiger partial charge in [0.25, 0.3) is 17.4 Å². The third-order valence-corrected chi connectivity index (χ3v) is 5.47. The van der Waals surface area contributed by atoms with Crippen LogP contribution in [0.5, 0.6) is 5.75 Å². The average molecular weight is 444 g/mol. The molecular weight excluding hydrogens is 414 g/mol. The lowest BCUT2D eigenvalue weighted by molar-refractivity contribution is 0.0889. The lowest BCUT2D eigenvalue weighted by Gasteiger charge is -2.29. The third kappa shape index (κ3) is 5.99. The van der Waals surface area contributed by atoms with Crippen molar-refractivity contribution in [2.45, 2.75) is 57.5 Å². The second-order valence-corrected chi connectivity index (χ2v) is 7.92. The Morgan fingerprint density at radius 2 is 1.72 bits per heavy atom. The number of carbonyl (C=O) groups is 2. The molecule has 1 saturated carbocycles. The van der Waals surface area contributed by atoms with E-state index in [0.717, 1.165) is 12.8 Å². The van der Waals surface area contributed by atoms with E-state index in [9.17, 15) is 19.2 Å². The first-order valence-corrected chi connectivity index (χ1v) is 10.8.